The van der Waals surface area contributed by atoms with E-state index >= 15 is 0 Å². The summed E-state index contributed by atoms with van der Waals surface area (Å²) < 4.78 is 11.3. The summed E-state index contributed by atoms with van der Waals surface area (Å²) in [6.07, 6.45) is 4.44. The maximum absolute atomic E-state index is 5.84. The fraction of sp³-hybridized carbons (Fsp3) is 0.786. The summed E-state index contributed by atoms with van der Waals surface area (Å²) in [7, 11) is 0. The lowest BCUT2D eigenvalue weighted by Crippen LogP contribution is -2.41. The first-order chi connectivity index (χ1) is 9.33. The number of morpholine rings is 1. The molecule has 0 spiro atoms. The van der Waals surface area contributed by atoms with E-state index in [-0.39, 0.29) is 0 Å². The number of aromatic nitrogens is 1. The smallest absolute Gasteiger partial charge is 0.151 e. The van der Waals surface area contributed by atoms with Crippen LogP contribution in [0.15, 0.2) is 10.6 Å². The van der Waals surface area contributed by atoms with Crippen molar-refractivity contribution < 1.29 is 9.26 Å². The molecule has 1 aromatic heterocycles. The molecule has 2 unspecified atom stereocenters. The number of nitrogens with zero attached hydrogens (tertiary/aromatic N) is 2. The van der Waals surface area contributed by atoms with Gasteiger partial charge in [-0.2, -0.15) is 0 Å². The Morgan fingerprint density at radius 1 is 1.37 bits per heavy atom. The van der Waals surface area contributed by atoms with Gasteiger partial charge in [0.25, 0.3) is 0 Å². The molecular formula is C14H23N3O2. The minimum absolute atomic E-state index is 0.437. The van der Waals surface area contributed by atoms with Gasteiger partial charge in [-0.25, -0.2) is 0 Å². The molecule has 2 aliphatic heterocycles. The zero-order chi connectivity index (χ0) is 13.1. The molecule has 0 aliphatic carbocycles. The molecule has 2 bridgehead atoms. The summed E-state index contributed by atoms with van der Waals surface area (Å²) in [5.74, 6) is 0.967. The molecule has 3 rings (SSSR count). The highest BCUT2D eigenvalue weighted by Gasteiger charge is 2.33. The predicted octanol–water partition coefficient (Wildman–Crippen LogP) is 1.54. The minimum Gasteiger partial charge on any atom is -0.372 e. The predicted molar refractivity (Wildman–Crippen MR) is 71.7 cm³/mol. The Morgan fingerprint density at radius 3 is 2.89 bits per heavy atom. The Labute approximate surface area is 114 Å². The van der Waals surface area contributed by atoms with Crippen LogP contribution in [0.4, 0.5) is 0 Å². The van der Waals surface area contributed by atoms with Crippen LogP contribution in [0.3, 0.4) is 0 Å². The van der Waals surface area contributed by atoms with E-state index in [1.165, 1.54) is 12.8 Å². The zero-order valence-electron chi connectivity index (χ0n) is 11.6. The van der Waals surface area contributed by atoms with Crippen molar-refractivity contribution in [2.45, 2.75) is 51.5 Å². The normalized spacial score (nSPS) is 27.0. The Bertz CT molecular complexity index is 395. The number of ether oxygens (including phenoxy) is 1. The van der Waals surface area contributed by atoms with Crippen LogP contribution in [0.1, 0.15) is 37.6 Å². The fourth-order valence-electron chi connectivity index (χ4n) is 2.96. The molecule has 0 amide bonds. The van der Waals surface area contributed by atoms with Crippen molar-refractivity contribution in [3.05, 3.63) is 17.5 Å². The van der Waals surface area contributed by atoms with Crippen molar-refractivity contribution in [1.29, 1.82) is 0 Å². The maximum Gasteiger partial charge on any atom is 0.151 e. The van der Waals surface area contributed by atoms with Gasteiger partial charge < -0.3 is 14.6 Å². The molecule has 2 saturated heterocycles. The number of nitrogens with one attached hydrogen (secondary N) is 1. The molecule has 0 radical (unpaired) electrons. The van der Waals surface area contributed by atoms with Crippen LogP contribution >= 0.6 is 0 Å². The molecule has 5 heteroatoms. The average Bonchev–Trinajstić information content (AvgIpc) is 2.97. The van der Waals surface area contributed by atoms with Gasteiger partial charge in [-0.15, -0.1) is 0 Å². The molecule has 106 valence electrons. The summed E-state index contributed by atoms with van der Waals surface area (Å²) in [5.41, 5.74) is 1.000. The Hall–Kier alpha value is -0.910. The van der Waals surface area contributed by atoms with E-state index in [2.05, 4.69) is 28.4 Å². The van der Waals surface area contributed by atoms with Gasteiger partial charge in [0.1, 0.15) is 0 Å². The molecule has 2 aliphatic rings. The van der Waals surface area contributed by atoms with Crippen molar-refractivity contribution in [2.24, 2.45) is 0 Å². The van der Waals surface area contributed by atoms with E-state index in [4.69, 9.17) is 9.26 Å². The number of hydrogen-bond acceptors (Lipinski definition) is 5. The van der Waals surface area contributed by atoms with Crippen molar-refractivity contribution in [3.8, 4) is 0 Å². The number of hydrogen-bond donors (Lipinski definition) is 1. The van der Waals surface area contributed by atoms with E-state index in [0.29, 0.717) is 12.2 Å². The second-order valence-electron chi connectivity index (χ2n) is 5.61. The minimum atomic E-state index is 0.437. The van der Waals surface area contributed by atoms with Gasteiger partial charge in [-0.05, 0) is 25.8 Å². The Morgan fingerprint density at radius 2 is 2.16 bits per heavy atom. The first-order valence-corrected chi connectivity index (χ1v) is 7.36. The van der Waals surface area contributed by atoms with Crippen LogP contribution in [0.2, 0.25) is 0 Å². The van der Waals surface area contributed by atoms with Crippen molar-refractivity contribution >= 4 is 0 Å². The number of likely N-dealkylation sites (tertiary alicyclic amines) is 1. The molecular weight excluding hydrogens is 242 g/mol. The van der Waals surface area contributed by atoms with E-state index in [1.54, 1.807) is 0 Å². The quantitative estimate of drug-likeness (QED) is 0.791. The standard InChI is InChI=1S/C14H23N3O2/c1-2-5-15-7-11-6-14(19-16-11)10-17-8-12-3-4-13(9-17)18-12/h6,12-13,15H,2-5,7-10H2,1H3. The first kappa shape index (κ1) is 13.1. The summed E-state index contributed by atoms with van der Waals surface area (Å²) in [6.45, 7) is 6.90. The molecule has 1 N–H and O–H groups in total. The first-order valence-electron chi connectivity index (χ1n) is 7.36. The second kappa shape index (κ2) is 6.03. The lowest BCUT2D eigenvalue weighted by atomic mass is 10.2. The van der Waals surface area contributed by atoms with E-state index in [0.717, 1.165) is 50.6 Å². The monoisotopic (exact) mass is 265 g/mol. The van der Waals surface area contributed by atoms with Crippen LogP contribution in [-0.2, 0) is 17.8 Å². The van der Waals surface area contributed by atoms with Crippen molar-refractivity contribution in [2.75, 3.05) is 19.6 Å². The number of rotatable bonds is 6. The third kappa shape index (κ3) is 3.35. The molecule has 3 heterocycles. The molecule has 1 aromatic rings. The highest BCUT2D eigenvalue weighted by atomic mass is 16.5. The largest absolute Gasteiger partial charge is 0.372 e. The molecule has 5 nitrogen and oxygen atoms in total. The zero-order valence-corrected chi connectivity index (χ0v) is 11.6. The highest BCUT2D eigenvalue weighted by molar-refractivity contribution is 5.05. The summed E-state index contributed by atoms with van der Waals surface area (Å²) >= 11 is 0. The van der Waals surface area contributed by atoms with Gasteiger partial charge in [0, 0.05) is 25.7 Å². The van der Waals surface area contributed by atoms with E-state index in [1.807, 2.05) is 0 Å². The van der Waals surface area contributed by atoms with Crippen LogP contribution in [0.25, 0.3) is 0 Å². The summed E-state index contributed by atoms with van der Waals surface area (Å²) in [4.78, 5) is 2.43. The summed E-state index contributed by atoms with van der Waals surface area (Å²) in [6, 6.07) is 2.07. The van der Waals surface area contributed by atoms with Gasteiger partial charge in [0.15, 0.2) is 5.76 Å². The SMILES string of the molecule is CCCNCc1cc(CN2CC3CCC(C2)O3)on1. The molecule has 19 heavy (non-hydrogen) atoms. The topological polar surface area (TPSA) is 50.5 Å². The number of fused-ring (bicyclic) bond motifs is 2. The third-order valence-corrected chi connectivity index (χ3v) is 3.84. The average molecular weight is 265 g/mol. The van der Waals surface area contributed by atoms with Crippen molar-refractivity contribution in [3.63, 3.8) is 0 Å². The lowest BCUT2D eigenvalue weighted by Gasteiger charge is -2.31. The van der Waals surface area contributed by atoms with Crippen LogP contribution < -0.4 is 5.32 Å². The molecule has 0 aromatic carbocycles. The van der Waals surface area contributed by atoms with Gasteiger partial charge in [-0.1, -0.05) is 12.1 Å². The highest BCUT2D eigenvalue weighted by Crippen LogP contribution is 2.27. The van der Waals surface area contributed by atoms with Gasteiger partial charge >= 0.3 is 0 Å². The van der Waals surface area contributed by atoms with Crippen LogP contribution in [-0.4, -0.2) is 41.9 Å². The lowest BCUT2D eigenvalue weighted by molar-refractivity contribution is -0.0431. The second-order valence-corrected chi connectivity index (χ2v) is 5.61. The molecule has 2 fully saturated rings. The maximum atomic E-state index is 5.84. The molecule has 0 saturated carbocycles. The van der Waals surface area contributed by atoms with E-state index in [9.17, 15) is 0 Å². The fourth-order valence-corrected chi connectivity index (χ4v) is 2.96. The Kier molecular flexibility index (Phi) is 4.15. The van der Waals surface area contributed by atoms with Gasteiger partial charge in [0.05, 0.1) is 24.4 Å². The summed E-state index contributed by atoms with van der Waals surface area (Å²) in [5, 5.41) is 7.45. The van der Waals surface area contributed by atoms with E-state index < -0.39 is 0 Å². The Balaban J connectivity index is 1.49. The van der Waals surface area contributed by atoms with Gasteiger partial charge in [0.2, 0.25) is 0 Å². The third-order valence-electron chi connectivity index (χ3n) is 3.84. The van der Waals surface area contributed by atoms with Crippen LogP contribution in [0.5, 0.6) is 0 Å². The van der Waals surface area contributed by atoms with Crippen LogP contribution in [0, 0.1) is 0 Å². The van der Waals surface area contributed by atoms with Crippen molar-refractivity contribution in [1.82, 2.24) is 15.4 Å². The van der Waals surface area contributed by atoms with Gasteiger partial charge in [-0.3, -0.25) is 4.90 Å². The molecule has 2 atom stereocenters.